The van der Waals surface area contributed by atoms with Gasteiger partial charge in [-0.05, 0) is 30.0 Å². The number of rotatable bonds is 8. The first-order valence-corrected chi connectivity index (χ1v) is 10.2. The van der Waals surface area contributed by atoms with Gasteiger partial charge in [0, 0.05) is 24.2 Å². The van der Waals surface area contributed by atoms with E-state index < -0.39 is 5.92 Å². The van der Waals surface area contributed by atoms with E-state index in [4.69, 9.17) is 4.74 Å². The molecule has 2 aromatic rings. The zero-order chi connectivity index (χ0) is 20.8. The van der Waals surface area contributed by atoms with Crippen molar-refractivity contribution < 1.29 is 19.1 Å². The van der Waals surface area contributed by atoms with Crippen LogP contribution in [-0.2, 0) is 14.3 Å². The van der Waals surface area contributed by atoms with E-state index in [2.05, 4.69) is 0 Å². The van der Waals surface area contributed by atoms with Crippen LogP contribution in [0.2, 0.25) is 0 Å². The molecule has 0 N–H and O–H groups in total. The molecule has 152 valence electrons. The van der Waals surface area contributed by atoms with E-state index in [0.717, 1.165) is 18.4 Å². The van der Waals surface area contributed by atoms with Gasteiger partial charge in [-0.25, -0.2) is 0 Å². The van der Waals surface area contributed by atoms with Crippen LogP contribution in [0.1, 0.15) is 54.9 Å². The molecule has 1 aliphatic heterocycles. The molecule has 0 aromatic heterocycles. The Balaban J connectivity index is 1.68. The Morgan fingerprint density at radius 3 is 2.52 bits per heavy atom. The first-order valence-electron chi connectivity index (χ1n) is 10.2. The molecule has 1 aliphatic rings. The molecule has 0 radical (unpaired) electrons. The minimum absolute atomic E-state index is 0.0697. The molecule has 0 saturated carbocycles. The number of benzene rings is 2. The molecule has 29 heavy (non-hydrogen) atoms. The molecule has 1 heterocycles. The fourth-order valence-corrected chi connectivity index (χ4v) is 3.67. The molecular weight excluding hydrogens is 366 g/mol. The van der Waals surface area contributed by atoms with Gasteiger partial charge in [-0.3, -0.25) is 14.4 Å². The Morgan fingerprint density at radius 2 is 1.86 bits per heavy atom. The minimum Gasteiger partial charge on any atom is -0.457 e. The third-order valence-corrected chi connectivity index (χ3v) is 5.52. The number of hydrogen-bond acceptors (Lipinski definition) is 4. The van der Waals surface area contributed by atoms with Gasteiger partial charge in [-0.15, -0.1) is 0 Å². The first kappa shape index (κ1) is 20.8. The highest BCUT2D eigenvalue weighted by molar-refractivity contribution is 6.01. The fourth-order valence-electron chi connectivity index (χ4n) is 3.67. The second-order valence-corrected chi connectivity index (χ2v) is 7.50. The standard InChI is InChI=1S/C24H27NO4/c1-3-17(2)23(18-9-5-4-6-10-18)24(28)29-16-21(26)19-11-7-12-20(15-19)25-14-8-13-22(25)27/h4-7,9-12,15,17,23H,3,8,13-14,16H2,1-2H3/t17-,23+/m0/s1. The van der Waals surface area contributed by atoms with Crippen molar-refractivity contribution in [1.29, 1.82) is 0 Å². The average molecular weight is 393 g/mol. The lowest BCUT2D eigenvalue weighted by atomic mass is 9.85. The van der Waals surface area contributed by atoms with Gasteiger partial charge in [-0.1, -0.05) is 62.7 Å². The Morgan fingerprint density at radius 1 is 1.10 bits per heavy atom. The van der Waals surface area contributed by atoms with Gasteiger partial charge in [0.1, 0.15) is 0 Å². The number of esters is 1. The summed E-state index contributed by atoms with van der Waals surface area (Å²) in [4.78, 5) is 39.0. The lowest BCUT2D eigenvalue weighted by Crippen LogP contribution is -2.25. The minimum atomic E-state index is -0.400. The predicted octanol–water partition coefficient (Wildman–Crippen LogP) is 4.37. The molecule has 0 aliphatic carbocycles. The summed E-state index contributed by atoms with van der Waals surface area (Å²) in [7, 11) is 0. The van der Waals surface area contributed by atoms with Crippen molar-refractivity contribution in [2.24, 2.45) is 5.92 Å². The van der Waals surface area contributed by atoms with E-state index in [1.54, 1.807) is 23.1 Å². The average Bonchev–Trinajstić information content (AvgIpc) is 3.18. The molecule has 0 unspecified atom stereocenters. The zero-order valence-corrected chi connectivity index (χ0v) is 17.0. The largest absolute Gasteiger partial charge is 0.457 e. The molecule has 0 bridgehead atoms. The van der Waals surface area contributed by atoms with Gasteiger partial charge in [0.2, 0.25) is 5.91 Å². The van der Waals surface area contributed by atoms with Gasteiger partial charge in [-0.2, -0.15) is 0 Å². The molecule has 1 amide bonds. The number of hydrogen-bond donors (Lipinski definition) is 0. The normalized spacial score (nSPS) is 15.8. The highest BCUT2D eigenvalue weighted by Gasteiger charge is 2.28. The number of Topliss-reactive ketones (excluding diaryl/α,β-unsaturated/α-hetero) is 1. The van der Waals surface area contributed by atoms with Crippen molar-refractivity contribution in [2.45, 2.75) is 39.0 Å². The Hall–Kier alpha value is -2.95. The summed E-state index contributed by atoms with van der Waals surface area (Å²) in [6.45, 7) is 4.40. The van der Waals surface area contributed by atoms with E-state index in [-0.39, 0.29) is 30.2 Å². The highest BCUT2D eigenvalue weighted by Crippen LogP contribution is 2.28. The third-order valence-electron chi connectivity index (χ3n) is 5.52. The van der Waals surface area contributed by atoms with Gasteiger partial charge in [0.15, 0.2) is 12.4 Å². The van der Waals surface area contributed by atoms with E-state index in [1.165, 1.54) is 0 Å². The van der Waals surface area contributed by atoms with Crippen molar-refractivity contribution in [3.05, 3.63) is 65.7 Å². The van der Waals surface area contributed by atoms with Gasteiger partial charge in [0.05, 0.1) is 5.92 Å². The van der Waals surface area contributed by atoms with E-state index in [1.807, 2.05) is 50.2 Å². The number of ether oxygens (including phenoxy) is 1. The fraction of sp³-hybridized carbons (Fsp3) is 0.375. The van der Waals surface area contributed by atoms with E-state index in [9.17, 15) is 14.4 Å². The highest BCUT2D eigenvalue weighted by atomic mass is 16.5. The smallest absolute Gasteiger partial charge is 0.314 e. The van der Waals surface area contributed by atoms with Crippen LogP contribution < -0.4 is 4.90 Å². The Labute approximate surface area is 171 Å². The molecule has 0 spiro atoms. The number of amides is 1. The van der Waals surface area contributed by atoms with Gasteiger partial charge in [0.25, 0.3) is 0 Å². The Kier molecular flexibility index (Phi) is 6.81. The Bertz CT molecular complexity index is 877. The topological polar surface area (TPSA) is 63.7 Å². The first-order chi connectivity index (χ1) is 14.0. The monoisotopic (exact) mass is 393 g/mol. The SMILES string of the molecule is CC[C@H](C)[C@@H](C(=O)OCC(=O)c1cccc(N2CCCC2=O)c1)c1ccccc1. The maximum absolute atomic E-state index is 12.8. The second kappa shape index (κ2) is 9.50. The van der Waals surface area contributed by atoms with E-state index in [0.29, 0.717) is 24.2 Å². The van der Waals surface area contributed by atoms with Crippen molar-refractivity contribution in [3.8, 4) is 0 Å². The molecular formula is C24H27NO4. The zero-order valence-electron chi connectivity index (χ0n) is 17.0. The maximum Gasteiger partial charge on any atom is 0.314 e. The van der Waals surface area contributed by atoms with Crippen molar-refractivity contribution in [1.82, 2.24) is 0 Å². The van der Waals surface area contributed by atoms with Crippen LogP contribution in [0.15, 0.2) is 54.6 Å². The number of carbonyl (C=O) groups excluding carboxylic acids is 3. The molecule has 2 aromatic carbocycles. The van der Waals surface area contributed by atoms with Gasteiger partial charge >= 0.3 is 5.97 Å². The summed E-state index contributed by atoms with van der Waals surface area (Å²) in [5, 5.41) is 0. The van der Waals surface area contributed by atoms with Crippen LogP contribution in [0.3, 0.4) is 0 Å². The van der Waals surface area contributed by atoms with Crippen LogP contribution in [0, 0.1) is 5.92 Å². The molecule has 2 atom stereocenters. The lowest BCUT2D eigenvalue weighted by molar-refractivity contribution is -0.145. The van der Waals surface area contributed by atoms with Crippen LogP contribution >= 0.6 is 0 Å². The van der Waals surface area contributed by atoms with E-state index >= 15 is 0 Å². The summed E-state index contributed by atoms with van der Waals surface area (Å²) in [6.07, 6.45) is 2.19. The van der Waals surface area contributed by atoms with Crippen LogP contribution in [0.5, 0.6) is 0 Å². The van der Waals surface area contributed by atoms with Crippen molar-refractivity contribution in [3.63, 3.8) is 0 Å². The summed E-state index contributed by atoms with van der Waals surface area (Å²) < 4.78 is 5.42. The lowest BCUT2D eigenvalue weighted by Gasteiger charge is -2.22. The summed E-state index contributed by atoms with van der Waals surface area (Å²) in [6, 6.07) is 16.5. The summed E-state index contributed by atoms with van der Waals surface area (Å²) in [5.74, 6) is -0.889. The number of nitrogens with zero attached hydrogens (tertiary/aromatic N) is 1. The molecule has 1 fully saturated rings. The molecule has 1 saturated heterocycles. The summed E-state index contributed by atoms with van der Waals surface area (Å²) in [5.41, 5.74) is 2.05. The number of anilines is 1. The van der Waals surface area contributed by atoms with Crippen molar-refractivity contribution in [2.75, 3.05) is 18.1 Å². The number of carbonyl (C=O) groups is 3. The van der Waals surface area contributed by atoms with Crippen molar-refractivity contribution >= 4 is 23.3 Å². The molecule has 3 rings (SSSR count). The number of ketones is 1. The van der Waals surface area contributed by atoms with Gasteiger partial charge < -0.3 is 9.64 Å². The predicted molar refractivity (Wildman–Crippen MR) is 112 cm³/mol. The molecule has 5 nitrogen and oxygen atoms in total. The third kappa shape index (κ3) is 4.91. The molecule has 5 heteroatoms. The quantitative estimate of drug-likeness (QED) is 0.493. The van der Waals surface area contributed by atoms with Crippen LogP contribution in [-0.4, -0.2) is 30.8 Å². The summed E-state index contributed by atoms with van der Waals surface area (Å²) >= 11 is 0. The van der Waals surface area contributed by atoms with Crippen LogP contribution in [0.25, 0.3) is 0 Å². The maximum atomic E-state index is 12.8. The second-order valence-electron chi connectivity index (χ2n) is 7.50. The van der Waals surface area contributed by atoms with Crippen LogP contribution in [0.4, 0.5) is 5.69 Å².